The maximum absolute atomic E-state index is 12.0. The third-order valence-corrected chi connectivity index (χ3v) is 4.19. The number of carbonyl (C=O) groups is 1. The second-order valence-corrected chi connectivity index (χ2v) is 5.95. The van der Waals surface area contributed by atoms with Crippen molar-refractivity contribution in [3.05, 3.63) is 29.8 Å². The van der Waals surface area contributed by atoms with Crippen LogP contribution in [0.3, 0.4) is 0 Å². The molecule has 1 aromatic rings. The minimum atomic E-state index is -0.492. The zero-order valence-electron chi connectivity index (χ0n) is 13.0. The number of benzene rings is 1. The highest BCUT2D eigenvalue weighted by molar-refractivity contribution is 5.89. The summed E-state index contributed by atoms with van der Waals surface area (Å²) >= 11 is 0. The number of piperidine rings is 1. The van der Waals surface area contributed by atoms with Crippen LogP contribution in [-0.4, -0.2) is 41.7 Å². The van der Waals surface area contributed by atoms with Gasteiger partial charge in [0.25, 0.3) is 0 Å². The molecule has 1 saturated heterocycles. The van der Waals surface area contributed by atoms with Crippen molar-refractivity contribution < 1.29 is 9.90 Å². The second-order valence-electron chi connectivity index (χ2n) is 5.95. The minimum Gasteiger partial charge on any atom is -0.389 e. The maximum Gasteiger partial charge on any atom is 0.319 e. The zero-order valence-corrected chi connectivity index (χ0v) is 13.0. The summed E-state index contributed by atoms with van der Waals surface area (Å²) in [5.74, 6) is 0. The second kappa shape index (κ2) is 6.91. The standard InChI is InChI=1S/C16H25N3O2/c1-11-10-15(8-9-19(11)3)18-16(21)17-14-6-4-13(5-7-14)12(2)20/h4-7,11-12,15,20H,8-10H2,1-3H3,(H2,17,18,21). The Hall–Kier alpha value is -1.59. The van der Waals surface area contributed by atoms with Gasteiger partial charge in [-0.15, -0.1) is 0 Å². The van der Waals surface area contributed by atoms with Gasteiger partial charge in [0, 0.05) is 24.3 Å². The number of anilines is 1. The Kier molecular flexibility index (Phi) is 5.20. The molecule has 5 nitrogen and oxygen atoms in total. The number of aliphatic hydroxyl groups is 1. The molecule has 1 aromatic carbocycles. The van der Waals surface area contributed by atoms with E-state index in [-0.39, 0.29) is 12.1 Å². The summed E-state index contributed by atoms with van der Waals surface area (Å²) in [5, 5.41) is 15.3. The lowest BCUT2D eigenvalue weighted by Crippen LogP contribution is -2.48. The van der Waals surface area contributed by atoms with Crippen LogP contribution >= 0.6 is 0 Å². The molecule has 0 spiro atoms. The van der Waals surface area contributed by atoms with E-state index in [1.54, 1.807) is 19.1 Å². The van der Waals surface area contributed by atoms with Gasteiger partial charge in [-0.1, -0.05) is 12.1 Å². The number of hydrogen-bond acceptors (Lipinski definition) is 3. The first kappa shape index (κ1) is 15.8. The monoisotopic (exact) mass is 291 g/mol. The molecular weight excluding hydrogens is 266 g/mol. The first-order valence-corrected chi connectivity index (χ1v) is 7.51. The fourth-order valence-electron chi connectivity index (χ4n) is 2.62. The van der Waals surface area contributed by atoms with Gasteiger partial charge < -0.3 is 20.6 Å². The Balaban J connectivity index is 1.84. The van der Waals surface area contributed by atoms with Crippen molar-refractivity contribution in [2.75, 3.05) is 18.9 Å². The Morgan fingerprint density at radius 2 is 2.05 bits per heavy atom. The molecule has 3 atom stereocenters. The first-order valence-electron chi connectivity index (χ1n) is 7.51. The predicted molar refractivity (Wildman–Crippen MR) is 84.3 cm³/mol. The summed E-state index contributed by atoms with van der Waals surface area (Å²) in [6.45, 7) is 4.91. The molecule has 0 radical (unpaired) electrons. The summed E-state index contributed by atoms with van der Waals surface area (Å²) in [6.07, 6.45) is 1.47. The lowest BCUT2D eigenvalue weighted by atomic mass is 9.99. The predicted octanol–water partition coefficient (Wildman–Crippen LogP) is 2.34. The number of likely N-dealkylation sites (tertiary alicyclic amines) is 1. The molecule has 1 aliphatic heterocycles. The van der Waals surface area contributed by atoms with E-state index in [0.29, 0.717) is 6.04 Å². The molecule has 1 fully saturated rings. The molecule has 0 aliphatic carbocycles. The van der Waals surface area contributed by atoms with Gasteiger partial charge in [-0.05, 0) is 51.4 Å². The molecule has 2 amide bonds. The summed E-state index contributed by atoms with van der Waals surface area (Å²) in [6, 6.07) is 7.80. The summed E-state index contributed by atoms with van der Waals surface area (Å²) in [5.41, 5.74) is 1.57. The van der Waals surface area contributed by atoms with Gasteiger partial charge in [0.2, 0.25) is 0 Å². The summed E-state index contributed by atoms with van der Waals surface area (Å²) in [4.78, 5) is 14.3. The van der Waals surface area contributed by atoms with Crippen LogP contribution in [0.25, 0.3) is 0 Å². The van der Waals surface area contributed by atoms with Crippen molar-refractivity contribution in [2.24, 2.45) is 0 Å². The van der Waals surface area contributed by atoms with Crippen LogP contribution in [0, 0.1) is 0 Å². The van der Waals surface area contributed by atoms with Gasteiger partial charge in [0.05, 0.1) is 6.10 Å². The fourth-order valence-corrected chi connectivity index (χ4v) is 2.62. The topological polar surface area (TPSA) is 64.6 Å². The SMILES string of the molecule is CC(O)c1ccc(NC(=O)NC2CCN(C)C(C)C2)cc1. The molecule has 0 bridgehead atoms. The summed E-state index contributed by atoms with van der Waals surface area (Å²) in [7, 11) is 2.12. The lowest BCUT2D eigenvalue weighted by Gasteiger charge is -2.35. The number of carbonyl (C=O) groups excluding carboxylic acids is 1. The number of amides is 2. The minimum absolute atomic E-state index is 0.165. The van der Waals surface area contributed by atoms with E-state index in [1.165, 1.54) is 0 Å². The third-order valence-electron chi connectivity index (χ3n) is 4.19. The van der Waals surface area contributed by atoms with Crippen LogP contribution < -0.4 is 10.6 Å². The fraction of sp³-hybridized carbons (Fsp3) is 0.562. The van der Waals surface area contributed by atoms with Gasteiger partial charge >= 0.3 is 6.03 Å². The lowest BCUT2D eigenvalue weighted by molar-refractivity contribution is 0.170. The van der Waals surface area contributed by atoms with Gasteiger partial charge in [-0.3, -0.25) is 0 Å². The largest absolute Gasteiger partial charge is 0.389 e. The van der Waals surface area contributed by atoms with E-state index in [0.717, 1.165) is 30.6 Å². The molecule has 5 heteroatoms. The zero-order chi connectivity index (χ0) is 15.4. The number of urea groups is 1. The van der Waals surface area contributed by atoms with Gasteiger partial charge in [0.1, 0.15) is 0 Å². The van der Waals surface area contributed by atoms with Crippen LogP contribution in [0.2, 0.25) is 0 Å². The van der Waals surface area contributed by atoms with Crippen molar-refractivity contribution in [3.8, 4) is 0 Å². The number of nitrogens with zero attached hydrogens (tertiary/aromatic N) is 1. The Bertz CT molecular complexity index is 473. The molecule has 1 aliphatic rings. The molecule has 3 unspecified atom stereocenters. The maximum atomic E-state index is 12.0. The van der Waals surface area contributed by atoms with Crippen LogP contribution in [-0.2, 0) is 0 Å². The molecule has 0 aromatic heterocycles. The summed E-state index contributed by atoms with van der Waals surface area (Å²) < 4.78 is 0. The smallest absolute Gasteiger partial charge is 0.319 e. The van der Waals surface area contributed by atoms with E-state index < -0.39 is 6.10 Å². The molecule has 0 saturated carbocycles. The van der Waals surface area contributed by atoms with Crippen molar-refractivity contribution in [3.63, 3.8) is 0 Å². The molecule has 116 valence electrons. The quantitative estimate of drug-likeness (QED) is 0.801. The first-order chi connectivity index (χ1) is 9.95. The number of hydrogen-bond donors (Lipinski definition) is 3. The Labute approximate surface area is 126 Å². The molecule has 2 rings (SSSR count). The van der Waals surface area contributed by atoms with E-state index >= 15 is 0 Å². The van der Waals surface area contributed by atoms with Crippen LogP contribution in [0.1, 0.15) is 38.4 Å². The van der Waals surface area contributed by atoms with Gasteiger partial charge in [-0.25, -0.2) is 4.79 Å². The van der Waals surface area contributed by atoms with E-state index in [1.807, 2.05) is 12.1 Å². The van der Waals surface area contributed by atoms with Crippen molar-refractivity contribution in [2.45, 2.75) is 44.9 Å². The van der Waals surface area contributed by atoms with Crippen LogP contribution in [0.4, 0.5) is 10.5 Å². The molecule has 21 heavy (non-hydrogen) atoms. The Morgan fingerprint density at radius 1 is 1.38 bits per heavy atom. The number of nitrogens with one attached hydrogen (secondary N) is 2. The highest BCUT2D eigenvalue weighted by Gasteiger charge is 2.23. The highest BCUT2D eigenvalue weighted by atomic mass is 16.3. The number of aliphatic hydroxyl groups excluding tert-OH is 1. The molecule has 3 N–H and O–H groups in total. The van der Waals surface area contributed by atoms with Crippen molar-refractivity contribution >= 4 is 11.7 Å². The van der Waals surface area contributed by atoms with Gasteiger partial charge in [0.15, 0.2) is 0 Å². The Morgan fingerprint density at radius 3 is 2.62 bits per heavy atom. The van der Waals surface area contributed by atoms with E-state index in [2.05, 4.69) is 29.5 Å². The normalized spacial score (nSPS) is 24.4. The van der Waals surface area contributed by atoms with Crippen molar-refractivity contribution in [1.29, 1.82) is 0 Å². The van der Waals surface area contributed by atoms with Crippen LogP contribution in [0.5, 0.6) is 0 Å². The highest BCUT2D eigenvalue weighted by Crippen LogP contribution is 2.17. The average molecular weight is 291 g/mol. The number of rotatable bonds is 3. The van der Waals surface area contributed by atoms with Crippen LogP contribution in [0.15, 0.2) is 24.3 Å². The van der Waals surface area contributed by atoms with E-state index in [9.17, 15) is 9.90 Å². The average Bonchev–Trinajstić information content (AvgIpc) is 2.43. The molecule has 1 heterocycles. The third kappa shape index (κ3) is 4.44. The van der Waals surface area contributed by atoms with E-state index in [4.69, 9.17) is 0 Å². The van der Waals surface area contributed by atoms with Gasteiger partial charge in [-0.2, -0.15) is 0 Å². The molecular formula is C16H25N3O2. The van der Waals surface area contributed by atoms with Crippen molar-refractivity contribution in [1.82, 2.24) is 10.2 Å².